The van der Waals surface area contributed by atoms with Crippen LogP contribution in [0.1, 0.15) is 5.56 Å². The van der Waals surface area contributed by atoms with Crippen LogP contribution in [0.4, 0.5) is 16.0 Å². The molecule has 2 rings (SSSR count). The van der Waals surface area contributed by atoms with Crippen molar-refractivity contribution < 1.29 is 14.1 Å². The highest BCUT2D eigenvalue weighted by Gasteiger charge is 2.20. The monoisotopic (exact) mass is 279 g/mol. The predicted molar refractivity (Wildman–Crippen MR) is 67.7 cm³/mol. The standard InChI is InChI=1S/C11H10FN5O3/c1-6-3-2-4-8(17(18)19)9(6)20-10-7(12)5-14-11(15-10)16-13/h2-5H,13H2,1H3,(H,14,15,16). The van der Waals surface area contributed by atoms with Crippen LogP contribution in [-0.2, 0) is 0 Å². The summed E-state index contributed by atoms with van der Waals surface area (Å²) >= 11 is 0. The second-order valence-corrected chi connectivity index (χ2v) is 3.77. The molecule has 0 bridgehead atoms. The fourth-order valence-electron chi connectivity index (χ4n) is 1.50. The second-order valence-electron chi connectivity index (χ2n) is 3.77. The lowest BCUT2D eigenvalue weighted by Crippen LogP contribution is -2.11. The molecular formula is C11H10FN5O3. The van der Waals surface area contributed by atoms with E-state index in [0.29, 0.717) is 5.56 Å². The minimum atomic E-state index is -0.860. The van der Waals surface area contributed by atoms with Crippen LogP contribution in [0, 0.1) is 22.9 Å². The highest BCUT2D eigenvalue weighted by molar-refractivity contribution is 5.52. The molecule has 0 atom stereocenters. The minimum absolute atomic E-state index is 0.0716. The number of hydrogen-bond acceptors (Lipinski definition) is 7. The largest absolute Gasteiger partial charge is 0.429 e. The van der Waals surface area contributed by atoms with E-state index in [2.05, 4.69) is 15.4 Å². The zero-order valence-corrected chi connectivity index (χ0v) is 10.3. The number of para-hydroxylation sites is 1. The summed E-state index contributed by atoms with van der Waals surface area (Å²) in [5.74, 6) is 3.64. The minimum Gasteiger partial charge on any atom is -0.429 e. The molecule has 0 saturated carbocycles. The third-order valence-corrected chi connectivity index (χ3v) is 2.43. The Morgan fingerprint density at radius 2 is 2.25 bits per heavy atom. The number of benzene rings is 1. The molecule has 9 heteroatoms. The van der Waals surface area contributed by atoms with E-state index in [-0.39, 0.29) is 17.4 Å². The maximum Gasteiger partial charge on any atom is 0.311 e. The van der Waals surface area contributed by atoms with Crippen molar-refractivity contribution in [3.05, 3.63) is 45.9 Å². The Morgan fingerprint density at radius 1 is 1.50 bits per heavy atom. The SMILES string of the molecule is Cc1cccc([N+](=O)[O-])c1Oc1nc(NN)ncc1F. The average Bonchev–Trinajstić information content (AvgIpc) is 2.43. The highest BCUT2D eigenvalue weighted by Crippen LogP contribution is 2.34. The van der Waals surface area contributed by atoms with Crippen LogP contribution in [0.15, 0.2) is 24.4 Å². The molecule has 0 aliphatic heterocycles. The summed E-state index contributed by atoms with van der Waals surface area (Å²) in [6.07, 6.45) is 0.849. The van der Waals surface area contributed by atoms with Gasteiger partial charge in [0, 0.05) is 6.07 Å². The van der Waals surface area contributed by atoms with Crippen LogP contribution in [0.3, 0.4) is 0 Å². The Labute approximate surface area is 112 Å². The van der Waals surface area contributed by atoms with Crippen molar-refractivity contribution in [1.29, 1.82) is 0 Å². The van der Waals surface area contributed by atoms with Gasteiger partial charge in [-0.2, -0.15) is 9.37 Å². The number of aryl methyl sites for hydroxylation is 1. The molecule has 20 heavy (non-hydrogen) atoms. The molecule has 2 aromatic rings. The van der Waals surface area contributed by atoms with Crippen LogP contribution in [-0.4, -0.2) is 14.9 Å². The molecule has 0 radical (unpaired) electrons. The van der Waals surface area contributed by atoms with E-state index < -0.39 is 16.6 Å². The lowest BCUT2D eigenvalue weighted by atomic mass is 10.2. The number of nitrogen functional groups attached to an aromatic ring is 1. The van der Waals surface area contributed by atoms with Crippen molar-refractivity contribution in [2.45, 2.75) is 6.92 Å². The van der Waals surface area contributed by atoms with Crippen molar-refractivity contribution in [2.75, 3.05) is 5.43 Å². The first-order valence-corrected chi connectivity index (χ1v) is 5.44. The Kier molecular flexibility index (Phi) is 3.71. The number of nitro benzene ring substituents is 1. The number of rotatable bonds is 4. The molecule has 3 N–H and O–H groups in total. The zero-order valence-electron chi connectivity index (χ0n) is 10.3. The van der Waals surface area contributed by atoms with Crippen LogP contribution < -0.4 is 16.0 Å². The number of hydrazine groups is 1. The van der Waals surface area contributed by atoms with Gasteiger partial charge in [0.1, 0.15) is 0 Å². The summed E-state index contributed by atoms with van der Waals surface area (Å²) in [5.41, 5.74) is 2.31. The van der Waals surface area contributed by atoms with Crippen molar-refractivity contribution in [2.24, 2.45) is 5.84 Å². The Morgan fingerprint density at radius 3 is 2.90 bits per heavy atom. The third kappa shape index (κ3) is 2.62. The van der Waals surface area contributed by atoms with E-state index in [1.165, 1.54) is 12.1 Å². The first-order chi connectivity index (χ1) is 9.52. The first kappa shape index (κ1) is 13.6. The predicted octanol–water partition coefficient (Wildman–Crippen LogP) is 1.91. The maximum absolute atomic E-state index is 13.6. The summed E-state index contributed by atoms with van der Waals surface area (Å²) in [4.78, 5) is 17.5. The van der Waals surface area contributed by atoms with E-state index in [4.69, 9.17) is 10.6 Å². The van der Waals surface area contributed by atoms with Gasteiger partial charge in [-0.25, -0.2) is 10.8 Å². The number of hydrogen-bond donors (Lipinski definition) is 2. The van der Waals surface area contributed by atoms with Gasteiger partial charge in [0.2, 0.25) is 17.5 Å². The molecule has 0 saturated heterocycles. The lowest BCUT2D eigenvalue weighted by Gasteiger charge is -2.09. The van der Waals surface area contributed by atoms with Gasteiger partial charge in [-0.15, -0.1) is 0 Å². The van der Waals surface area contributed by atoms with Gasteiger partial charge >= 0.3 is 5.69 Å². The van der Waals surface area contributed by atoms with Gasteiger partial charge in [0.05, 0.1) is 11.1 Å². The summed E-state index contributed by atoms with van der Waals surface area (Å²) in [7, 11) is 0. The van der Waals surface area contributed by atoms with Crippen LogP contribution in [0.25, 0.3) is 0 Å². The van der Waals surface area contributed by atoms with Gasteiger partial charge in [0.15, 0.2) is 0 Å². The Hall–Kier alpha value is -2.81. The number of ether oxygens (including phenoxy) is 1. The molecule has 104 valence electrons. The summed E-state index contributed by atoms with van der Waals surface area (Å²) in [6.45, 7) is 1.60. The van der Waals surface area contributed by atoms with Gasteiger partial charge in [0.25, 0.3) is 5.88 Å². The number of anilines is 1. The molecule has 1 heterocycles. The molecule has 0 aliphatic rings. The maximum atomic E-state index is 13.6. The van der Waals surface area contributed by atoms with Gasteiger partial charge in [-0.1, -0.05) is 12.1 Å². The molecule has 0 aliphatic carbocycles. The Bertz CT molecular complexity index is 665. The molecule has 0 amide bonds. The highest BCUT2D eigenvalue weighted by atomic mass is 19.1. The number of aromatic nitrogens is 2. The zero-order chi connectivity index (χ0) is 14.7. The van der Waals surface area contributed by atoms with Gasteiger partial charge < -0.3 is 4.74 Å². The quantitative estimate of drug-likeness (QED) is 0.498. The third-order valence-electron chi connectivity index (χ3n) is 2.43. The van der Waals surface area contributed by atoms with E-state index in [9.17, 15) is 14.5 Å². The van der Waals surface area contributed by atoms with E-state index >= 15 is 0 Å². The van der Waals surface area contributed by atoms with Crippen LogP contribution >= 0.6 is 0 Å². The first-order valence-electron chi connectivity index (χ1n) is 5.44. The fourth-order valence-corrected chi connectivity index (χ4v) is 1.50. The number of nitro groups is 1. The summed E-state index contributed by atoms with van der Waals surface area (Å²) in [6, 6.07) is 4.36. The lowest BCUT2D eigenvalue weighted by molar-refractivity contribution is -0.385. The van der Waals surface area contributed by atoms with Gasteiger partial charge in [-0.05, 0) is 12.5 Å². The normalized spacial score (nSPS) is 10.2. The molecular weight excluding hydrogens is 269 g/mol. The van der Waals surface area contributed by atoms with Crippen molar-refractivity contribution in [1.82, 2.24) is 9.97 Å². The fraction of sp³-hybridized carbons (Fsp3) is 0.0909. The van der Waals surface area contributed by atoms with E-state index in [1.807, 2.05) is 0 Å². The second kappa shape index (κ2) is 5.45. The smallest absolute Gasteiger partial charge is 0.311 e. The molecule has 8 nitrogen and oxygen atoms in total. The molecule has 0 unspecified atom stereocenters. The van der Waals surface area contributed by atoms with Crippen LogP contribution in [0.5, 0.6) is 11.6 Å². The summed E-state index contributed by atoms with van der Waals surface area (Å²) in [5, 5.41) is 10.9. The van der Waals surface area contributed by atoms with Crippen molar-refractivity contribution >= 4 is 11.6 Å². The molecule has 0 fully saturated rings. The van der Waals surface area contributed by atoms with Gasteiger partial charge in [-0.3, -0.25) is 15.5 Å². The Balaban J connectivity index is 2.47. The van der Waals surface area contributed by atoms with Crippen LogP contribution in [0.2, 0.25) is 0 Å². The number of nitrogens with two attached hydrogens (primary N) is 1. The number of halogens is 1. The summed E-state index contributed by atoms with van der Waals surface area (Å²) < 4.78 is 18.8. The molecule has 0 spiro atoms. The topological polar surface area (TPSA) is 116 Å². The van der Waals surface area contributed by atoms with E-state index in [1.54, 1.807) is 13.0 Å². The number of nitrogens with one attached hydrogen (secondary N) is 1. The molecule has 1 aromatic carbocycles. The van der Waals surface area contributed by atoms with Crippen molar-refractivity contribution in [3.63, 3.8) is 0 Å². The van der Waals surface area contributed by atoms with Crippen molar-refractivity contribution in [3.8, 4) is 11.6 Å². The number of nitrogens with zero attached hydrogens (tertiary/aromatic N) is 3. The van der Waals surface area contributed by atoms with E-state index in [0.717, 1.165) is 6.20 Å². The molecule has 1 aromatic heterocycles. The average molecular weight is 279 g/mol.